The summed E-state index contributed by atoms with van der Waals surface area (Å²) < 4.78 is 4.09. The third-order valence-electron chi connectivity index (χ3n) is 13.6. The van der Waals surface area contributed by atoms with Gasteiger partial charge in [0.05, 0.1) is 0 Å². The molecular weight excluding hydrogens is 811 g/mol. The molecule has 1 heterocycles. The molecule has 0 N–H and O–H groups in total. The summed E-state index contributed by atoms with van der Waals surface area (Å²) in [5.41, 5.74) is 15.2. The number of hydrogen-bond acceptors (Lipinski definition) is 0. The van der Waals surface area contributed by atoms with Gasteiger partial charge < -0.3 is 24.8 Å². The molecule has 0 amide bonds. The Hall–Kier alpha value is -4.26. The second-order valence-electron chi connectivity index (χ2n) is 17.2. The quantitative estimate of drug-likeness (QED) is 0.146. The van der Waals surface area contributed by atoms with Gasteiger partial charge in [-0.1, -0.05) is 0 Å². The molecule has 0 spiro atoms. The third kappa shape index (κ3) is 5.79. The summed E-state index contributed by atoms with van der Waals surface area (Å²) in [4.78, 5) is 0. The van der Waals surface area contributed by atoms with Gasteiger partial charge in [0.15, 0.2) is 0 Å². The topological polar surface area (TPSA) is 0 Å². The van der Waals surface area contributed by atoms with Crippen LogP contribution in [0.1, 0.15) is 57.2 Å². The van der Waals surface area contributed by atoms with Gasteiger partial charge in [-0.15, -0.1) is 0 Å². The van der Waals surface area contributed by atoms with Crippen molar-refractivity contribution in [3.63, 3.8) is 0 Å². The summed E-state index contributed by atoms with van der Waals surface area (Å²) in [7, 11) is 0. The molecule has 0 radical (unpaired) electrons. The maximum atomic E-state index is 2.68. The Morgan fingerprint density at radius 3 is 1.07 bits per heavy atom. The minimum Gasteiger partial charge on any atom is -1.00 e. The molecule has 0 nitrogen and oxygen atoms in total. The zero-order chi connectivity index (χ0) is 37.0. The van der Waals surface area contributed by atoms with Crippen LogP contribution in [0.3, 0.4) is 0 Å². The van der Waals surface area contributed by atoms with Crippen molar-refractivity contribution in [1.82, 2.24) is 0 Å². The molecule has 1 fully saturated rings. The first-order valence-corrected chi connectivity index (χ1v) is 26.7. The van der Waals surface area contributed by atoms with Crippen LogP contribution in [0.2, 0.25) is 8.26 Å². The minimum absolute atomic E-state index is 0. The van der Waals surface area contributed by atoms with Crippen molar-refractivity contribution in [2.45, 2.75) is 43.2 Å². The molecule has 0 bridgehead atoms. The van der Waals surface area contributed by atoms with E-state index in [1.165, 1.54) is 84.7 Å². The van der Waals surface area contributed by atoms with Gasteiger partial charge in [-0.05, 0) is 0 Å². The molecular formula is C54H46Cl2Zr. The predicted molar refractivity (Wildman–Crippen MR) is 235 cm³/mol. The number of allylic oxidation sites excluding steroid dienone is 2. The van der Waals surface area contributed by atoms with Crippen molar-refractivity contribution in [3.8, 4) is 22.3 Å². The maximum Gasteiger partial charge on any atom is -1.00 e. The Bertz CT molecular complexity index is 2660. The summed E-state index contributed by atoms with van der Waals surface area (Å²) in [5, 5.41) is 10.7. The summed E-state index contributed by atoms with van der Waals surface area (Å²) in [6, 6.07) is 55.5. The van der Waals surface area contributed by atoms with Gasteiger partial charge in [-0.25, -0.2) is 0 Å². The van der Waals surface area contributed by atoms with Crippen LogP contribution in [-0.2, 0) is 20.3 Å². The first-order chi connectivity index (χ1) is 26.9. The Balaban J connectivity index is 0.00000211. The summed E-state index contributed by atoms with van der Waals surface area (Å²) in [6.45, 7) is 9.85. The first-order valence-electron chi connectivity index (χ1n) is 20.4. The summed E-state index contributed by atoms with van der Waals surface area (Å²) in [5.74, 6) is 1.01. The zero-order valence-electron chi connectivity index (χ0n) is 33.0. The maximum absolute atomic E-state index is 3.01. The van der Waals surface area contributed by atoms with Gasteiger partial charge in [-0.2, -0.15) is 0 Å². The number of rotatable bonds is 6. The zero-order valence-corrected chi connectivity index (χ0v) is 37.0. The minimum atomic E-state index is -3.01. The van der Waals surface area contributed by atoms with E-state index in [1.54, 1.807) is 22.3 Å². The van der Waals surface area contributed by atoms with Crippen molar-refractivity contribution in [1.29, 1.82) is 0 Å². The van der Waals surface area contributed by atoms with Crippen molar-refractivity contribution in [2.24, 2.45) is 11.8 Å². The van der Waals surface area contributed by atoms with E-state index in [0.717, 1.165) is 0 Å². The van der Waals surface area contributed by atoms with Crippen molar-refractivity contribution < 1.29 is 45.1 Å². The van der Waals surface area contributed by atoms with Crippen LogP contribution in [0.15, 0.2) is 157 Å². The van der Waals surface area contributed by atoms with Crippen LogP contribution in [0.5, 0.6) is 0 Å². The van der Waals surface area contributed by atoms with E-state index < -0.39 is 20.3 Å². The summed E-state index contributed by atoms with van der Waals surface area (Å²) >= 11 is -3.01. The SMILES string of the molecule is CC(C)C1=Cc2c(-c3c4ccccc4cc4ccccc34)cccc2[CH]1[Zr+2]1([CH]2C(C(C)C)=Cc3c(-c4c5ccccc5cc5ccccc45)cccc32)[CH2][CH2]1.[Cl-].[Cl-]. The van der Waals surface area contributed by atoms with E-state index in [2.05, 4.69) is 185 Å². The standard InChI is InChI=1S/2C26H21.C2H4.2ClH.Zr/c2*1-17(2)21-15-20-10-7-13-24(25(20)16-21)26-22-11-5-3-8-18(22)14-19-9-4-6-12-23(19)26;1-2;;;/h2*3-17H,1-2H3;1-2H2;2*1H;/q;;;;;+2/p-2. The van der Waals surface area contributed by atoms with Crippen LogP contribution >= 0.6 is 0 Å². The molecule has 1 aliphatic heterocycles. The largest absolute Gasteiger partial charge is 1.00 e. The second kappa shape index (κ2) is 14.5. The Kier molecular flexibility index (Phi) is 9.76. The fourth-order valence-corrected chi connectivity index (χ4v) is 29.2. The van der Waals surface area contributed by atoms with Crippen LogP contribution in [0.25, 0.3) is 77.5 Å². The van der Waals surface area contributed by atoms with E-state index in [9.17, 15) is 0 Å². The molecule has 2 atom stereocenters. The molecule has 280 valence electrons. The molecule has 11 rings (SSSR count). The van der Waals surface area contributed by atoms with E-state index in [-0.39, 0.29) is 24.8 Å². The molecule has 1 saturated heterocycles. The van der Waals surface area contributed by atoms with Crippen LogP contribution in [0, 0.1) is 11.8 Å². The molecule has 3 aliphatic rings. The first kappa shape index (κ1) is 38.3. The predicted octanol–water partition coefficient (Wildman–Crippen LogP) is 9.53. The number of halogens is 2. The average molecular weight is 857 g/mol. The Morgan fingerprint density at radius 1 is 0.421 bits per heavy atom. The van der Waals surface area contributed by atoms with Gasteiger partial charge in [-0.3, -0.25) is 0 Å². The van der Waals surface area contributed by atoms with E-state index >= 15 is 0 Å². The van der Waals surface area contributed by atoms with Gasteiger partial charge in [0.2, 0.25) is 0 Å². The molecule has 0 aromatic heterocycles. The van der Waals surface area contributed by atoms with Gasteiger partial charge in [0, 0.05) is 0 Å². The number of hydrogen-bond donors (Lipinski definition) is 0. The molecule has 2 aliphatic carbocycles. The number of fused-ring (bicyclic) bond motifs is 6. The monoisotopic (exact) mass is 854 g/mol. The van der Waals surface area contributed by atoms with Crippen molar-refractivity contribution in [2.75, 3.05) is 0 Å². The van der Waals surface area contributed by atoms with Crippen LogP contribution in [-0.4, -0.2) is 0 Å². The van der Waals surface area contributed by atoms with E-state index in [4.69, 9.17) is 0 Å². The smallest absolute Gasteiger partial charge is 1.00 e. The molecule has 0 saturated carbocycles. The normalized spacial score (nSPS) is 17.2. The van der Waals surface area contributed by atoms with Crippen LogP contribution < -0.4 is 24.8 Å². The number of benzene rings is 8. The van der Waals surface area contributed by atoms with Crippen molar-refractivity contribution >= 4 is 55.2 Å². The van der Waals surface area contributed by atoms with E-state index in [0.29, 0.717) is 19.1 Å². The fraction of sp³-hybridized carbons (Fsp3) is 0.185. The molecule has 8 aromatic carbocycles. The average Bonchev–Trinajstić information content (AvgIpc) is 3.71. The van der Waals surface area contributed by atoms with E-state index in [1.807, 2.05) is 0 Å². The second-order valence-corrected chi connectivity index (χ2v) is 28.6. The molecule has 3 heteroatoms. The van der Waals surface area contributed by atoms with Crippen molar-refractivity contribution in [3.05, 3.63) is 179 Å². The third-order valence-corrected chi connectivity index (χ3v) is 26.5. The van der Waals surface area contributed by atoms with Crippen LogP contribution in [0.4, 0.5) is 0 Å². The Labute approximate surface area is 353 Å². The Morgan fingerprint density at radius 2 is 0.754 bits per heavy atom. The van der Waals surface area contributed by atoms with Gasteiger partial charge in [0.1, 0.15) is 0 Å². The molecule has 2 unspecified atom stereocenters. The van der Waals surface area contributed by atoms with Gasteiger partial charge >= 0.3 is 332 Å². The van der Waals surface area contributed by atoms with Gasteiger partial charge in [0.25, 0.3) is 0 Å². The molecule has 8 aromatic rings. The summed E-state index contributed by atoms with van der Waals surface area (Å²) in [6.07, 6.45) is 5.36. The fourth-order valence-electron chi connectivity index (χ4n) is 11.1. The molecule has 57 heavy (non-hydrogen) atoms.